The highest BCUT2D eigenvalue weighted by molar-refractivity contribution is 14.0. The molecule has 2 N–H and O–H groups in total. The molecule has 6 nitrogen and oxygen atoms in total. The minimum atomic E-state index is 0. The summed E-state index contributed by atoms with van der Waals surface area (Å²) >= 11 is 1.77. The van der Waals surface area contributed by atoms with Gasteiger partial charge in [-0.1, -0.05) is 25.1 Å². The molecule has 2 aromatic rings. The van der Waals surface area contributed by atoms with Gasteiger partial charge >= 0.3 is 0 Å². The first-order valence-corrected chi connectivity index (χ1v) is 8.94. The van der Waals surface area contributed by atoms with E-state index in [1.807, 2.05) is 0 Å². The zero-order valence-corrected chi connectivity index (χ0v) is 17.6. The first kappa shape index (κ1) is 20.9. The highest BCUT2D eigenvalue weighted by Crippen LogP contribution is 2.10. The number of guanidine groups is 1. The molecule has 0 amide bonds. The summed E-state index contributed by atoms with van der Waals surface area (Å²) in [5.41, 5.74) is 0. The second kappa shape index (κ2) is 11.4. The monoisotopic (exact) mass is 463 g/mol. The smallest absolute Gasteiger partial charge is 0.228 e. The number of thiophene rings is 1. The molecule has 0 saturated heterocycles. The molecule has 0 aliphatic carbocycles. The topological polar surface area (TPSA) is 75.3 Å². The van der Waals surface area contributed by atoms with Crippen molar-refractivity contribution in [2.75, 3.05) is 19.6 Å². The number of hydrogen-bond donors (Lipinski definition) is 2. The van der Waals surface area contributed by atoms with E-state index in [1.54, 1.807) is 11.3 Å². The Morgan fingerprint density at radius 3 is 2.79 bits per heavy atom. The van der Waals surface area contributed by atoms with Gasteiger partial charge in [0.05, 0.1) is 0 Å². The Hall–Kier alpha value is -1.16. The van der Waals surface area contributed by atoms with E-state index in [-0.39, 0.29) is 29.9 Å². The molecule has 2 aromatic heterocycles. The van der Waals surface area contributed by atoms with Gasteiger partial charge in [-0.15, -0.1) is 35.3 Å². The number of nitrogens with one attached hydrogen (secondary N) is 2. The van der Waals surface area contributed by atoms with Crippen molar-refractivity contribution < 1.29 is 4.52 Å². The molecular weight excluding hydrogens is 437 g/mol. The number of nitrogens with zero attached hydrogens (tertiary/aromatic N) is 3. The normalized spacial score (nSPS) is 11.4. The summed E-state index contributed by atoms with van der Waals surface area (Å²) < 4.78 is 5.24. The lowest BCUT2D eigenvalue weighted by molar-refractivity contribution is 0.371. The van der Waals surface area contributed by atoms with Crippen molar-refractivity contribution in [1.82, 2.24) is 20.8 Å². The summed E-state index contributed by atoms with van der Waals surface area (Å²) in [6, 6.07) is 4.21. The zero-order valence-electron chi connectivity index (χ0n) is 14.4. The van der Waals surface area contributed by atoms with Gasteiger partial charge in [0.2, 0.25) is 5.89 Å². The Labute approximate surface area is 164 Å². The third-order valence-electron chi connectivity index (χ3n) is 3.18. The standard InChI is InChI=1S/C16H25N5OS.HI/c1-4-17-16(18-9-7-13-6-5-11-23-13)19-10-8-14-20-15(12(2)3)21-22-14;/h5-6,11-12H,4,7-10H2,1-3H3,(H2,17,18,19);1H. The maximum Gasteiger partial charge on any atom is 0.228 e. The molecule has 0 atom stereocenters. The zero-order chi connectivity index (χ0) is 16.5. The van der Waals surface area contributed by atoms with E-state index >= 15 is 0 Å². The molecule has 134 valence electrons. The third-order valence-corrected chi connectivity index (χ3v) is 4.12. The van der Waals surface area contributed by atoms with Crippen molar-refractivity contribution in [3.63, 3.8) is 0 Å². The molecule has 0 spiro atoms. The van der Waals surface area contributed by atoms with Crippen LogP contribution in [0.4, 0.5) is 0 Å². The lowest BCUT2D eigenvalue weighted by Crippen LogP contribution is -2.38. The van der Waals surface area contributed by atoms with Crippen LogP contribution in [0.5, 0.6) is 0 Å². The van der Waals surface area contributed by atoms with Gasteiger partial charge in [-0.25, -0.2) is 0 Å². The minimum absolute atomic E-state index is 0. The second-order valence-corrected chi connectivity index (χ2v) is 6.50. The molecule has 0 bridgehead atoms. The van der Waals surface area contributed by atoms with Crippen molar-refractivity contribution in [2.24, 2.45) is 4.99 Å². The molecular formula is C16H26IN5OS. The lowest BCUT2D eigenvalue weighted by Gasteiger charge is -2.10. The van der Waals surface area contributed by atoms with Crippen LogP contribution in [0.2, 0.25) is 0 Å². The van der Waals surface area contributed by atoms with Gasteiger partial charge in [-0.2, -0.15) is 4.98 Å². The maximum absolute atomic E-state index is 5.24. The largest absolute Gasteiger partial charge is 0.357 e. The Morgan fingerprint density at radius 1 is 1.33 bits per heavy atom. The van der Waals surface area contributed by atoms with Crippen LogP contribution in [0.25, 0.3) is 0 Å². The van der Waals surface area contributed by atoms with Crippen LogP contribution < -0.4 is 10.6 Å². The van der Waals surface area contributed by atoms with E-state index in [4.69, 9.17) is 4.52 Å². The number of halogens is 1. The first-order chi connectivity index (χ1) is 11.2. The minimum Gasteiger partial charge on any atom is -0.357 e. The second-order valence-electron chi connectivity index (χ2n) is 5.47. The lowest BCUT2D eigenvalue weighted by atomic mass is 10.2. The summed E-state index contributed by atoms with van der Waals surface area (Å²) in [5, 5.41) is 12.6. The van der Waals surface area contributed by atoms with E-state index in [0.717, 1.165) is 31.3 Å². The van der Waals surface area contributed by atoms with Crippen LogP contribution in [0.1, 0.15) is 43.3 Å². The average molecular weight is 463 g/mol. The van der Waals surface area contributed by atoms with E-state index in [0.29, 0.717) is 18.9 Å². The number of aliphatic imine (C=N–C) groups is 1. The molecule has 24 heavy (non-hydrogen) atoms. The molecule has 0 saturated carbocycles. The van der Waals surface area contributed by atoms with Crippen LogP contribution in [0.3, 0.4) is 0 Å². The fourth-order valence-electron chi connectivity index (χ4n) is 1.97. The van der Waals surface area contributed by atoms with Crippen LogP contribution >= 0.6 is 35.3 Å². The SMILES string of the molecule is CCNC(=NCCc1cccs1)NCCc1nc(C(C)C)no1.I. The van der Waals surface area contributed by atoms with E-state index in [2.05, 4.69) is 64.1 Å². The van der Waals surface area contributed by atoms with Gasteiger partial charge in [0.25, 0.3) is 0 Å². The molecule has 8 heteroatoms. The number of hydrogen-bond acceptors (Lipinski definition) is 5. The molecule has 0 fully saturated rings. The Morgan fingerprint density at radius 2 is 2.17 bits per heavy atom. The van der Waals surface area contributed by atoms with E-state index in [9.17, 15) is 0 Å². The molecule has 2 heterocycles. The van der Waals surface area contributed by atoms with Crippen LogP contribution in [0, 0.1) is 0 Å². The molecule has 0 unspecified atom stereocenters. The fourth-order valence-corrected chi connectivity index (χ4v) is 2.66. The van der Waals surface area contributed by atoms with E-state index < -0.39 is 0 Å². The van der Waals surface area contributed by atoms with Crippen molar-refractivity contribution in [3.05, 3.63) is 34.1 Å². The van der Waals surface area contributed by atoms with Crippen LogP contribution in [-0.2, 0) is 12.8 Å². The molecule has 0 aliphatic heterocycles. The third kappa shape index (κ3) is 7.16. The average Bonchev–Trinajstić information content (AvgIpc) is 3.18. The van der Waals surface area contributed by atoms with E-state index in [1.165, 1.54) is 4.88 Å². The Bertz CT molecular complexity index is 597. The highest BCUT2D eigenvalue weighted by Gasteiger charge is 2.09. The van der Waals surface area contributed by atoms with Gasteiger partial charge in [-0.05, 0) is 18.4 Å². The van der Waals surface area contributed by atoms with Crippen LogP contribution in [0.15, 0.2) is 27.0 Å². The summed E-state index contributed by atoms with van der Waals surface area (Å²) in [7, 11) is 0. The van der Waals surface area contributed by atoms with Gasteiger partial charge < -0.3 is 15.2 Å². The predicted octanol–water partition coefficient (Wildman–Crippen LogP) is 3.21. The summed E-state index contributed by atoms with van der Waals surface area (Å²) in [6.45, 7) is 8.48. The van der Waals surface area contributed by atoms with Gasteiger partial charge in [0.1, 0.15) is 0 Å². The van der Waals surface area contributed by atoms with Crippen molar-refractivity contribution in [3.8, 4) is 0 Å². The maximum atomic E-state index is 5.24. The highest BCUT2D eigenvalue weighted by atomic mass is 127. The van der Waals surface area contributed by atoms with Gasteiger partial charge in [0, 0.05) is 43.3 Å². The number of rotatable bonds is 8. The molecule has 0 aromatic carbocycles. The molecule has 0 radical (unpaired) electrons. The van der Waals surface area contributed by atoms with Crippen molar-refractivity contribution >= 4 is 41.3 Å². The predicted molar refractivity (Wildman–Crippen MR) is 110 cm³/mol. The Balaban J connectivity index is 0.00000288. The van der Waals surface area contributed by atoms with Crippen molar-refractivity contribution in [2.45, 2.75) is 39.5 Å². The number of aromatic nitrogens is 2. The Kier molecular flexibility index (Phi) is 9.92. The quantitative estimate of drug-likeness (QED) is 0.357. The first-order valence-electron chi connectivity index (χ1n) is 8.06. The van der Waals surface area contributed by atoms with Crippen LogP contribution in [-0.4, -0.2) is 35.7 Å². The summed E-state index contributed by atoms with van der Waals surface area (Å²) in [6.07, 6.45) is 1.66. The molecule has 2 rings (SSSR count). The summed E-state index contributed by atoms with van der Waals surface area (Å²) in [5.74, 6) is 2.54. The van der Waals surface area contributed by atoms with Gasteiger partial charge in [0.15, 0.2) is 11.8 Å². The summed E-state index contributed by atoms with van der Waals surface area (Å²) in [4.78, 5) is 10.3. The fraction of sp³-hybridized carbons (Fsp3) is 0.562. The molecule has 0 aliphatic rings. The van der Waals surface area contributed by atoms with Gasteiger partial charge in [-0.3, -0.25) is 4.99 Å². The van der Waals surface area contributed by atoms with Crippen molar-refractivity contribution in [1.29, 1.82) is 0 Å².